The van der Waals surface area contributed by atoms with Gasteiger partial charge in [0.2, 0.25) is 0 Å². The van der Waals surface area contributed by atoms with E-state index in [0.29, 0.717) is 22.8 Å². The Hall–Kier alpha value is -2.79. The van der Waals surface area contributed by atoms with E-state index in [1.165, 1.54) is 0 Å². The third-order valence-electron chi connectivity index (χ3n) is 3.76. The quantitative estimate of drug-likeness (QED) is 0.562. The van der Waals surface area contributed by atoms with Crippen LogP contribution in [0.5, 0.6) is 0 Å². The summed E-state index contributed by atoms with van der Waals surface area (Å²) in [6.07, 6.45) is 2.37. The highest BCUT2D eigenvalue weighted by molar-refractivity contribution is 6.30. The molecule has 1 aromatic heterocycles. The lowest BCUT2D eigenvalue weighted by Gasteiger charge is -2.08. The van der Waals surface area contributed by atoms with Gasteiger partial charge >= 0.3 is 0 Å². The van der Waals surface area contributed by atoms with Crippen LogP contribution in [0, 0.1) is 0 Å². The first-order chi connectivity index (χ1) is 12.2. The van der Waals surface area contributed by atoms with Gasteiger partial charge in [-0.3, -0.25) is 9.89 Å². The minimum atomic E-state index is -0.140. The third kappa shape index (κ3) is 4.61. The number of para-hydroxylation sites is 1. The molecule has 0 fully saturated rings. The topological polar surface area (TPSA) is 69.8 Å². The molecule has 6 heteroatoms. The van der Waals surface area contributed by atoms with Crippen molar-refractivity contribution in [3.05, 3.63) is 71.4 Å². The lowest BCUT2D eigenvalue weighted by molar-refractivity contribution is 0.0954. The smallest absolute Gasteiger partial charge is 0.255 e. The minimum Gasteiger partial charge on any atom is -0.385 e. The molecular formula is C19H19ClN4O. The zero-order chi connectivity index (χ0) is 17.5. The summed E-state index contributed by atoms with van der Waals surface area (Å²) in [6, 6.07) is 17.3. The Morgan fingerprint density at radius 2 is 1.80 bits per heavy atom. The molecule has 1 amide bonds. The van der Waals surface area contributed by atoms with Gasteiger partial charge in [0.25, 0.3) is 5.91 Å². The van der Waals surface area contributed by atoms with Crippen molar-refractivity contribution < 1.29 is 4.79 Å². The Bertz CT molecular complexity index is 815. The number of nitrogens with zero attached hydrogens (tertiary/aromatic N) is 1. The highest BCUT2D eigenvalue weighted by atomic mass is 35.5. The molecule has 2 aromatic carbocycles. The molecule has 3 rings (SSSR count). The van der Waals surface area contributed by atoms with Crippen molar-refractivity contribution in [2.24, 2.45) is 0 Å². The van der Waals surface area contributed by atoms with E-state index < -0.39 is 0 Å². The molecule has 0 saturated carbocycles. The first-order valence-electron chi connectivity index (χ1n) is 8.10. The van der Waals surface area contributed by atoms with Crippen molar-refractivity contribution in [1.82, 2.24) is 15.5 Å². The molecule has 0 spiro atoms. The van der Waals surface area contributed by atoms with Crippen molar-refractivity contribution in [3.8, 4) is 11.3 Å². The Kier molecular flexibility index (Phi) is 5.69. The molecule has 25 heavy (non-hydrogen) atoms. The molecular weight excluding hydrogens is 336 g/mol. The summed E-state index contributed by atoms with van der Waals surface area (Å²) in [5, 5.41) is 13.8. The number of rotatable bonds is 7. The number of nitrogens with one attached hydrogen (secondary N) is 3. The maximum Gasteiger partial charge on any atom is 0.255 e. The van der Waals surface area contributed by atoms with Gasteiger partial charge in [-0.05, 0) is 30.7 Å². The second-order valence-corrected chi connectivity index (χ2v) is 6.00. The Labute approximate surface area is 151 Å². The van der Waals surface area contributed by atoms with Gasteiger partial charge in [0, 0.05) is 29.4 Å². The van der Waals surface area contributed by atoms with Gasteiger partial charge < -0.3 is 10.6 Å². The average Bonchev–Trinajstić information content (AvgIpc) is 3.12. The summed E-state index contributed by atoms with van der Waals surface area (Å²) in [4.78, 5) is 12.4. The van der Waals surface area contributed by atoms with Crippen LogP contribution in [0.25, 0.3) is 11.3 Å². The number of hydrogen-bond donors (Lipinski definition) is 3. The van der Waals surface area contributed by atoms with Gasteiger partial charge in [-0.15, -0.1) is 0 Å². The number of hydrogen-bond acceptors (Lipinski definition) is 3. The third-order valence-corrected chi connectivity index (χ3v) is 4.01. The number of aromatic amines is 1. The molecule has 128 valence electrons. The first-order valence-corrected chi connectivity index (χ1v) is 8.48. The molecule has 0 aliphatic rings. The standard InChI is InChI=1S/C19H19ClN4O/c20-15-9-7-14(8-10-15)18-17(13-23-24-18)19(25)22-12-4-11-21-16-5-2-1-3-6-16/h1-3,5-10,13,21H,4,11-12H2,(H,22,25)(H,23,24). The molecule has 0 unspecified atom stereocenters. The molecule has 0 radical (unpaired) electrons. The monoisotopic (exact) mass is 354 g/mol. The van der Waals surface area contributed by atoms with Gasteiger partial charge in [-0.1, -0.05) is 41.9 Å². The average molecular weight is 355 g/mol. The van der Waals surface area contributed by atoms with Crippen LogP contribution in [0.15, 0.2) is 60.8 Å². The number of carbonyl (C=O) groups excluding carboxylic acids is 1. The molecule has 0 aliphatic heterocycles. The Morgan fingerprint density at radius 3 is 2.56 bits per heavy atom. The number of anilines is 1. The molecule has 0 aliphatic carbocycles. The van der Waals surface area contributed by atoms with E-state index >= 15 is 0 Å². The number of aromatic nitrogens is 2. The van der Waals surface area contributed by atoms with Gasteiger partial charge in [0.15, 0.2) is 0 Å². The lowest BCUT2D eigenvalue weighted by Crippen LogP contribution is -2.26. The van der Waals surface area contributed by atoms with E-state index in [-0.39, 0.29) is 5.91 Å². The Balaban J connectivity index is 1.50. The predicted molar refractivity (Wildman–Crippen MR) is 101 cm³/mol. The van der Waals surface area contributed by atoms with E-state index in [0.717, 1.165) is 24.2 Å². The van der Waals surface area contributed by atoms with Crippen LogP contribution in [0.3, 0.4) is 0 Å². The maximum atomic E-state index is 12.4. The summed E-state index contributed by atoms with van der Waals surface area (Å²) >= 11 is 5.91. The normalized spacial score (nSPS) is 10.4. The van der Waals surface area contributed by atoms with Gasteiger partial charge in [0.1, 0.15) is 0 Å². The summed E-state index contributed by atoms with van der Waals surface area (Å²) in [5.74, 6) is -0.140. The van der Waals surface area contributed by atoms with E-state index in [1.807, 2.05) is 42.5 Å². The van der Waals surface area contributed by atoms with Crippen LogP contribution < -0.4 is 10.6 Å². The fourth-order valence-electron chi connectivity index (χ4n) is 2.47. The summed E-state index contributed by atoms with van der Waals surface area (Å²) in [7, 11) is 0. The van der Waals surface area contributed by atoms with Crippen LogP contribution >= 0.6 is 11.6 Å². The lowest BCUT2D eigenvalue weighted by atomic mass is 10.1. The number of benzene rings is 2. The number of amides is 1. The zero-order valence-corrected chi connectivity index (χ0v) is 14.4. The molecule has 0 atom stereocenters. The summed E-state index contributed by atoms with van der Waals surface area (Å²) in [6.45, 7) is 1.38. The van der Waals surface area contributed by atoms with Crippen molar-refractivity contribution in [3.63, 3.8) is 0 Å². The first kappa shape index (κ1) is 17.0. The second kappa shape index (κ2) is 8.35. The maximum absolute atomic E-state index is 12.4. The van der Waals surface area contributed by atoms with Gasteiger partial charge in [0.05, 0.1) is 17.5 Å². The number of carbonyl (C=O) groups is 1. The molecule has 1 heterocycles. The molecule has 3 N–H and O–H groups in total. The molecule has 0 bridgehead atoms. The fraction of sp³-hybridized carbons (Fsp3) is 0.158. The van der Waals surface area contributed by atoms with Gasteiger partial charge in [-0.2, -0.15) is 5.10 Å². The van der Waals surface area contributed by atoms with Crippen molar-refractivity contribution in [1.29, 1.82) is 0 Å². The van der Waals surface area contributed by atoms with Crippen molar-refractivity contribution >= 4 is 23.2 Å². The van der Waals surface area contributed by atoms with E-state index in [1.54, 1.807) is 18.3 Å². The van der Waals surface area contributed by atoms with E-state index in [4.69, 9.17) is 11.6 Å². The molecule has 5 nitrogen and oxygen atoms in total. The van der Waals surface area contributed by atoms with Crippen molar-refractivity contribution in [2.75, 3.05) is 18.4 Å². The second-order valence-electron chi connectivity index (χ2n) is 5.57. The number of halogens is 1. The van der Waals surface area contributed by atoms with Crippen LogP contribution in [0.4, 0.5) is 5.69 Å². The highest BCUT2D eigenvalue weighted by Crippen LogP contribution is 2.22. The highest BCUT2D eigenvalue weighted by Gasteiger charge is 2.14. The van der Waals surface area contributed by atoms with Gasteiger partial charge in [-0.25, -0.2) is 0 Å². The Morgan fingerprint density at radius 1 is 1.04 bits per heavy atom. The minimum absolute atomic E-state index is 0.140. The summed E-state index contributed by atoms with van der Waals surface area (Å²) < 4.78 is 0. The van der Waals surface area contributed by atoms with Crippen LogP contribution in [0.2, 0.25) is 5.02 Å². The largest absolute Gasteiger partial charge is 0.385 e. The number of H-pyrrole nitrogens is 1. The molecule has 0 saturated heterocycles. The van der Waals surface area contributed by atoms with Crippen LogP contribution in [-0.4, -0.2) is 29.2 Å². The van der Waals surface area contributed by atoms with E-state index in [9.17, 15) is 4.79 Å². The SMILES string of the molecule is O=C(NCCCNc1ccccc1)c1cn[nH]c1-c1ccc(Cl)cc1. The van der Waals surface area contributed by atoms with Crippen molar-refractivity contribution in [2.45, 2.75) is 6.42 Å². The predicted octanol–water partition coefficient (Wildman–Crippen LogP) is 3.96. The zero-order valence-electron chi connectivity index (χ0n) is 13.6. The summed E-state index contributed by atoms with van der Waals surface area (Å²) in [5.41, 5.74) is 3.17. The fourth-order valence-corrected chi connectivity index (χ4v) is 2.60. The molecule has 3 aromatic rings. The van der Waals surface area contributed by atoms with E-state index in [2.05, 4.69) is 20.8 Å². The van der Waals surface area contributed by atoms with Crippen LogP contribution in [-0.2, 0) is 0 Å². The van der Waals surface area contributed by atoms with Crippen LogP contribution in [0.1, 0.15) is 16.8 Å².